The summed E-state index contributed by atoms with van der Waals surface area (Å²) in [5, 5.41) is 9.29. The molecule has 3 aromatic rings. The van der Waals surface area contributed by atoms with Crippen LogP contribution in [0.3, 0.4) is 0 Å². The SMILES string of the molecule is COc1cccc(OCc2nc(C(=O)O)c3ccc(C)cn23)c1. The molecule has 0 aliphatic heterocycles. The summed E-state index contributed by atoms with van der Waals surface area (Å²) in [5.41, 5.74) is 1.58. The van der Waals surface area contributed by atoms with Crippen LogP contribution in [0.5, 0.6) is 11.5 Å². The Morgan fingerprint density at radius 2 is 2.04 bits per heavy atom. The Bertz CT molecular complexity index is 870. The van der Waals surface area contributed by atoms with Gasteiger partial charge in [-0.2, -0.15) is 0 Å². The van der Waals surface area contributed by atoms with Gasteiger partial charge in [0.25, 0.3) is 0 Å². The lowest BCUT2D eigenvalue weighted by molar-refractivity contribution is 0.0693. The van der Waals surface area contributed by atoms with E-state index >= 15 is 0 Å². The number of aromatic nitrogens is 2. The summed E-state index contributed by atoms with van der Waals surface area (Å²) >= 11 is 0. The van der Waals surface area contributed by atoms with Crippen molar-refractivity contribution < 1.29 is 19.4 Å². The third-order valence-corrected chi connectivity index (χ3v) is 3.47. The standard InChI is InChI=1S/C17H16N2O4/c1-11-6-7-14-16(17(20)21)18-15(19(14)9-11)10-23-13-5-3-4-12(8-13)22-2/h3-9H,10H2,1-2H3,(H,20,21). The maximum absolute atomic E-state index is 11.3. The molecule has 0 spiro atoms. The van der Waals surface area contributed by atoms with Gasteiger partial charge in [0, 0.05) is 12.3 Å². The van der Waals surface area contributed by atoms with Gasteiger partial charge in [0.05, 0.1) is 12.6 Å². The number of carbonyl (C=O) groups is 1. The van der Waals surface area contributed by atoms with Crippen LogP contribution in [-0.2, 0) is 6.61 Å². The van der Waals surface area contributed by atoms with Gasteiger partial charge >= 0.3 is 5.97 Å². The highest BCUT2D eigenvalue weighted by atomic mass is 16.5. The number of carboxylic acids is 1. The number of hydrogen-bond acceptors (Lipinski definition) is 4. The molecule has 0 bridgehead atoms. The maximum Gasteiger partial charge on any atom is 0.356 e. The topological polar surface area (TPSA) is 73.1 Å². The highest BCUT2D eigenvalue weighted by molar-refractivity contribution is 5.93. The number of carboxylic acid groups (broad SMARTS) is 1. The first-order chi connectivity index (χ1) is 11.1. The lowest BCUT2D eigenvalue weighted by atomic mass is 10.2. The van der Waals surface area contributed by atoms with Crippen LogP contribution < -0.4 is 9.47 Å². The van der Waals surface area contributed by atoms with Crippen molar-refractivity contribution in [3.05, 3.63) is 59.7 Å². The largest absolute Gasteiger partial charge is 0.497 e. The van der Waals surface area contributed by atoms with Gasteiger partial charge in [0.15, 0.2) is 11.5 Å². The second-order valence-electron chi connectivity index (χ2n) is 5.11. The zero-order chi connectivity index (χ0) is 16.4. The number of imidazole rings is 1. The van der Waals surface area contributed by atoms with Gasteiger partial charge in [-0.15, -0.1) is 0 Å². The van der Waals surface area contributed by atoms with Crippen molar-refractivity contribution >= 4 is 11.5 Å². The van der Waals surface area contributed by atoms with E-state index in [9.17, 15) is 9.90 Å². The molecule has 6 heteroatoms. The number of methoxy groups -OCH3 is 1. The maximum atomic E-state index is 11.3. The molecule has 0 saturated heterocycles. The van der Waals surface area contributed by atoms with Crippen molar-refractivity contribution in [2.24, 2.45) is 0 Å². The van der Waals surface area contributed by atoms with E-state index in [0.717, 1.165) is 5.56 Å². The molecule has 0 fully saturated rings. The fourth-order valence-electron chi connectivity index (χ4n) is 2.35. The molecule has 1 aromatic carbocycles. The minimum atomic E-state index is -1.06. The molecule has 118 valence electrons. The zero-order valence-electron chi connectivity index (χ0n) is 12.8. The highest BCUT2D eigenvalue weighted by Crippen LogP contribution is 2.21. The second kappa shape index (κ2) is 6.00. The Morgan fingerprint density at radius 3 is 2.78 bits per heavy atom. The van der Waals surface area contributed by atoms with E-state index in [1.165, 1.54) is 0 Å². The number of rotatable bonds is 5. The fraction of sp³-hybridized carbons (Fsp3) is 0.176. The van der Waals surface area contributed by atoms with Crippen LogP contribution in [-0.4, -0.2) is 27.6 Å². The Labute approximate surface area is 132 Å². The van der Waals surface area contributed by atoms with Gasteiger partial charge in [0.1, 0.15) is 18.1 Å². The van der Waals surface area contributed by atoms with E-state index in [1.54, 1.807) is 23.6 Å². The Balaban J connectivity index is 1.93. The van der Waals surface area contributed by atoms with E-state index < -0.39 is 5.97 Å². The average Bonchev–Trinajstić information content (AvgIpc) is 2.91. The summed E-state index contributed by atoms with van der Waals surface area (Å²) in [6.07, 6.45) is 1.85. The predicted molar refractivity (Wildman–Crippen MR) is 84.2 cm³/mol. The lowest BCUT2D eigenvalue weighted by Crippen LogP contribution is -2.02. The molecule has 1 N–H and O–H groups in total. The molecular weight excluding hydrogens is 296 g/mol. The van der Waals surface area contributed by atoms with Gasteiger partial charge in [0.2, 0.25) is 0 Å². The molecule has 23 heavy (non-hydrogen) atoms. The molecule has 3 rings (SSSR count). The van der Waals surface area contributed by atoms with Crippen LogP contribution in [0.1, 0.15) is 21.9 Å². The molecule has 6 nitrogen and oxygen atoms in total. The first-order valence-electron chi connectivity index (χ1n) is 7.06. The third kappa shape index (κ3) is 2.96. The quantitative estimate of drug-likeness (QED) is 0.784. The minimum absolute atomic E-state index is 0.0224. The summed E-state index contributed by atoms with van der Waals surface area (Å²) in [4.78, 5) is 15.5. The minimum Gasteiger partial charge on any atom is -0.497 e. The summed E-state index contributed by atoms with van der Waals surface area (Å²) in [5.74, 6) is 0.797. The summed E-state index contributed by atoms with van der Waals surface area (Å²) in [6.45, 7) is 2.09. The first-order valence-corrected chi connectivity index (χ1v) is 7.06. The van der Waals surface area contributed by atoms with E-state index in [1.807, 2.05) is 37.4 Å². The number of aryl methyl sites for hydroxylation is 1. The average molecular weight is 312 g/mol. The molecule has 0 atom stereocenters. The van der Waals surface area contributed by atoms with Crippen molar-refractivity contribution in [2.75, 3.05) is 7.11 Å². The molecule has 0 unspecified atom stereocenters. The van der Waals surface area contributed by atoms with Crippen molar-refractivity contribution in [3.63, 3.8) is 0 Å². The molecule has 2 aromatic heterocycles. The molecular formula is C17H16N2O4. The highest BCUT2D eigenvalue weighted by Gasteiger charge is 2.17. The van der Waals surface area contributed by atoms with E-state index in [-0.39, 0.29) is 12.3 Å². The Hall–Kier alpha value is -3.02. The van der Waals surface area contributed by atoms with Crippen LogP contribution in [0.2, 0.25) is 0 Å². The number of fused-ring (bicyclic) bond motifs is 1. The molecule has 0 aliphatic carbocycles. The van der Waals surface area contributed by atoms with E-state index in [0.29, 0.717) is 22.8 Å². The number of aromatic carboxylic acids is 1. The second-order valence-corrected chi connectivity index (χ2v) is 5.11. The Kier molecular flexibility index (Phi) is 3.89. The molecule has 0 radical (unpaired) electrons. The normalized spacial score (nSPS) is 10.7. The van der Waals surface area contributed by atoms with Crippen molar-refractivity contribution in [2.45, 2.75) is 13.5 Å². The number of hydrogen-bond donors (Lipinski definition) is 1. The van der Waals surface area contributed by atoms with Gasteiger partial charge in [-0.3, -0.25) is 4.40 Å². The number of benzene rings is 1. The van der Waals surface area contributed by atoms with Crippen LogP contribution in [0.15, 0.2) is 42.6 Å². The number of nitrogens with zero attached hydrogens (tertiary/aromatic N) is 2. The molecule has 0 aliphatic rings. The van der Waals surface area contributed by atoms with Gasteiger partial charge in [-0.25, -0.2) is 9.78 Å². The third-order valence-electron chi connectivity index (χ3n) is 3.47. The predicted octanol–water partition coefficient (Wildman–Crippen LogP) is 2.93. The number of pyridine rings is 1. The Morgan fingerprint density at radius 1 is 1.26 bits per heavy atom. The van der Waals surface area contributed by atoms with E-state index in [2.05, 4.69) is 4.98 Å². The fourth-order valence-corrected chi connectivity index (χ4v) is 2.35. The first kappa shape index (κ1) is 14.9. The summed E-state index contributed by atoms with van der Waals surface area (Å²) in [7, 11) is 1.59. The zero-order valence-corrected chi connectivity index (χ0v) is 12.8. The van der Waals surface area contributed by atoms with Crippen molar-refractivity contribution in [1.29, 1.82) is 0 Å². The van der Waals surface area contributed by atoms with Crippen molar-refractivity contribution in [3.8, 4) is 11.5 Å². The monoisotopic (exact) mass is 312 g/mol. The lowest BCUT2D eigenvalue weighted by Gasteiger charge is -2.07. The van der Waals surface area contributed by atoms with Gasteiger partial charge < -0.3 is 14.6 Å². The van der Waals surface area contributed by atoms with Crippen molar-refractivity contribution in [1.82, 2.24) is 9.38 Å². The smallest absolute Gasteiger partial charge is 0.356 e. The van der Waals surface area contributed by atoms with Crippen LogP contribution in [0.25, 0.3) is 5.52 Å². The van der Waals surface area contributed by atoms with Crippen LogP contribution in [0.4, 0.5) is 0 Å². The summed E-state index contributed by atoms with van der Waals surface area (Å²) in [6, 6.07) is 10.8. The van der Waals surface area contributed by atoms with Gasteiger partial charge in [-0.05, 0) is 30.7 Å². The molecule has 0 saturated carbocycles. The number of ether oxygens (including phenoxy) is 2. The molecule has 2 heterocycles. The molecule has 0 amide bonds. The van der Waals surface area contributed by atoms with E-state index in [4.69, 9.17) is 9.47 Å². The van der Waals surface area contributed by atoms with Crippen LogP contribution in [0, 0.1) is 6.92 Å². The summed E-state index contributed by atoms with van der Waals surface area (Å²) < 4.78 is 12.6. The van der Waals surface area contributed by atoms with Gasteiger partial charge in [-0.1, -0.05) is 12.1 Å². The van der Waals surface area contributed by atoms with Crippen LogP contribution >= 0.6 is 0 Å².